The zero-order chi connectivity index (χ0) is 13.0. The first-order valence-corrected chi connectivity index (χ1v) is 7.33. The van der Waals surface area contributed by atoms with Gasteiger partial charge in [-0.1, -0.05) is 52.3 Å². The molecule has 3 aromatic rings. The van der Waals surface area contributed by atoms with E-state index in [9.17, 15) is 0 Å². The topological polar surface area (TPSA) is 0 Å². The molecule has 0 saturated heterocycles. The van der Waals surface area contributed by atoms with Gasteiger partial charge in [-0.15, -0.1) is 0 Å². The largest absolute Gasteiger partial charge is 0.0616 e. The van der Waals surface area contributed by atoms with Crippen LogP contribution in [0.15, 0.2) is 53.0 Å². The molecule has 0 fully saturated rings. The van der Waals surface area contributed by atoms with Crippen molar-refractivity contribution in [2.24, 2.45) is 0 Å². The molecular weight excluding hydrogens is 296 g/mol. The van der Waals surface area contributed by atoms with Gasteiger partial charge in [-0.3, -0.25) is 0 Å². The minimum Gasteiger partial charge on any atom is -0.0616 e. The third-order valence-corrected chi connectivity index (χ3v) is 4.54. The number of hydrogen-bond acceptors (Lipinski definition) is 0. The van der Waals surface area contributed by atoms with Gasteiger partial charge >= 0.3 is 0 Å². The van der Waals surface area contributed by atoms with Gasteiger partial charge in [-0.05, 0) is 64.1 Å². The first kappa shape index (κ1) is 11.2. The molecule has 19 heavy (non-hydrogen) atoms. The van der Waals surface area contributed by atoms with E-state index in [1.165, 1.54) is 43.1 Å². The molecule has 3 aromatic carbocycles. The Morgan fingerprint density at radius 1 is 0.895 bits per heavy atom. The lowest BCUT2D eigenvalue weighted by atomic mass is 9.95. The van der Waals surface area contributed by atoms with Crippen molar-refractivity contribution in [3.8, 4) is 11.1 Å². The molecule has 4 rings (SSSR count). The maximum Gasteiger partial charge on any atom is 0.0178 e. The molecule has 0 unspecified atom stereocenters. The number of halogens is 1. The van der Waals surface area contributed by atoms with Gasteiger partial charge in [-0.25, -0.2) is 0 Å². The highest BCUT2D eigenvalue weighted by atomic mass is 79.9. The lowest BCUT2D eigenvalue weighted by Gasteiger charge is -2.09. The van der Waals surface area contributed by atoms with Crippen LogP contribution in [0.5, 0.6) is 0 Å². The molecular formula is C18H13Br. The molecule has 0 spiro atoms. The molecule has 0 aromatic heterocycles. The second-order valence-electron chi connectivity index (χ2n) is 5.25. The van der Waals surface area contributed by atoms with Crippen molar-refractivity contribution < 1.29 is 0 Å². The molecule has 0 bridgehead atoms. The highest BCUT2D eigenvalue weighted by Gasteiger charge is 2.21. The molecule has 1 aliphatic rings. The molecule has 0 nitrogen and oxygen atoms in total. The fourth-order valence-corrected chi connectivity index (χ4v) is 3.65. The summed E-state index contributed by atoms with van der Waals surface area (Å²) in [5.41, 5.74) is 7.10. The van der Waals surface area contributed by atoms with Crippen LogP contribution in [-0.4, -0.2) is 0 Å². The highest BCUT2D eigenvalue weighted by molar-refractivity contribution is 9.10. The minimum atomic E-state index is 1.05. The molecule has 0 N–H and O–H groups in total. The van der Waals surface area contributed by atoms with Crippen LogP contribution in [0.3, 0.4) is 0 Å². The van der Waals surface area contributed by atoms with Crippen LogP contribution in [-0.2, 0) is 6.42 Å². The third kappa shape index (κ3) is 1.58. The summed E-state index contributed by atoms with van der Waals surface area (Å²) < 4.78 is 1.17. The van der Waals surface area contributed by atoms with Gasteiger partial charge in [0.25, 0.3) is 0 Å². The smallest absolute Gasteiger partial charge is 0.0178 e. The zero-order valence-electron chi connectivity index (χ0n) is 10.7. The summed E-state index contributed by atoms with van der Waals surface area (Å²) in [4.78, 5) is 0. The second kappa shape index (κ2) is 3.94. The molecule has 1 heteroatoms. The molecule has 0 heterocycles. The van der Waals surface area contributed by atoms with Gasteiger partial charge in [-0.2, -0.15) is 0 Å². The van der Waals surface area contributed by atoms with E-state index in [0.717, 1.165) is 6.42 Å². The van der Waals surface area contributed by atoms with Crippen LogP contribution >= 0.6 is 15.9 Å². The summed E-state index contributed by atoms with van der Waals surface area (Å²) >= 11 is 3.57. The summed E-state index contributed by atoms with van der Waals surface area (Å²) in [6, 6.07) is 17.7. The maximum atomic E-state index is 3.57. The van der Waals surface area contributed by atoms with E-state index in [1.54, 1.807) is 0 Å². The highest BCUT2D eigenvalue weighted by Crippen LogP contribution is 2.43. The lowest BCUT2D eigenvalue weighted by molar-refractivity contribution is 1.25. The second-order valence-corrected chi connectivity index (χ2v) is 6.17. The summed E-state index contributed by atoms with van der Waals surface area (Å²) in [5, 5.41) is 2.76. The first-order chi connectivity index (χ1) is 9.24. The average molecular weight is 309 g/mol. The molecule has 0 atom stereocenters. The normalized spacial score (nSPS) is 12.5. The Morgan fingerprint density at radius 2 is 1.68 bits per heavy atom. The van der Waals surface area contributed by atoms with E-state index < -0.39 is 0 Å². The van der Waals surface area contributed by atoms with Crippen LogP contribution in [0.1, 0.15) is 16.7 Å². The first-order valence-electron chi connectivity index (χ1n) is 6.54. The molecule has 0 saturated carbocycles. The zero-order valence-corrected chi connectivity index (χ0v) is 12.3. The van der Waals surface area contributed by atoms with Crippen molar-refractivity contribution in [1.29, 1.82) is 0 Å². The third-order valence-electron chi connectivity index (χ3n) is 4.05. The van der Waals surface area contributed by atoms with Gasteiger partial charge in [0.2, 0.25) is 0 Å². The number of rotatable bonds is 0. The molecule has 92 valence electrons. The van der Waals surface area contributed by atoms with Crippen molar-refractivity contribution in [2.45, 2.75) is 13.3 Å². The summed E-state index contributed by atoms with van der Waals surface area (Å²) in [6.07, 6.45) is 1.05. The Kier molecular flexibility index (Phi) is 2.33. The summed E-state index contributed by atoms with van der Waals surface area (Å²) in [7, 11) is 0. The van der Waals surface area contributed by atoms with Crippen LogP contribution in [0.2, 0.25) is 0 Å². The standard InChI is InChI=1S/C18H13Br/c1-11-8-13-9-12-10-14(19)6-7-16(12)18(13)17-5-3-2-4-15(11)17/h2-8,10H,9H2,1H3. The Balaban J connectivity index is 2.14. The van der Waals surface area contributed by atoms with Gasteiger partial charge in [0.1, 0.15) is 0 Å². The molecule has 1 aliphatic carbocycles. The van der Waals surface area contributed by atoms with Crippen LogP contribution in [0.4, 0.5) is 0 Å². The number of fused-ring (bicyclic) bond motifs is 5. The minimum absolute atomic E-state index is 1.05. The summed E-state index contributed by atoms with van der Waals surface area (Å²) in [6.45, 7) is 2.21. The SMILES string of the molecule is Cc1cc2c(c3ccccc13)-c1ccc(Br)cc1C2. The van der Waals surface area contributed by atoms with Gasteiger partial charge in [0.15, 0.2) is 0 Å². The van der Waals surface area contributed by atoms with E-state index >= 15 is 0 Å². The van der Waals surface area contributed by atoms with Gasteiger partial charge < -0.3 is 0 Å². The van der Waals surface area contributed by atoms with E-state index in [4.69, 9.17) is 0 Å². The van der Waals surface area contributed by atoms with Crippen molar-refractivity contribution >= 4 is 26.7 Å². The quantitative estimate of drug-likeness (QED) is 0.403. The van der Waals surface area contributed by atoms with Crippen LogP contribution in [0, 0.1) is 6.92 Å². The fraction of sp³-hybridized carbons (Fsp3) is 0.111. The summed E-state index contributed by atoms with van der Waals surface area (Å²) in [5.74, 6) is 0. The fourth-order valence-electron chi connectivity index (χ4n) is 3.24. The van der Waals surface area contributed by atoms with Crippen molar-refractivity contribution in [3.63, 3.8) is 0 Å². The number of benzene rings is 3. The molecule has 0 radical (unpaired) electrons. The van der Waals surface area contributed by atoms with Crippen molar-refractivity contribution in [2.75, 3.05) is 0 Å². The van der Waals surface area contributed by atoms with E-state index in [0.29, 0.717) is 0 Å². The van der Waals surface area contributed by atoms with Gasteiger partial charge in [0.05, 0.1) is 0 Å². The Hall–Kier alpha value is -1.60. The van der Waals surface area contributed by atoms with Crippen LogP contribution < -0.4 is 0 Å². The van der Waals surface area contributed by atoms with Gasteiger partial charge in [0, 0.05) is 4.47 Å². The lowest BCUT2D eigenvalue weighted by Crippen LogP contribution is -1.86. The molecule has 0 aliphatic heterocycles. The van der Waals surface area contributed by atoms with Crippen molar-refractivity contribution in [1.82, 2.24) is 0 Å². The average Bonchev–Trinajstić information content (AvgIpc) is 2.76. The van der Waals surface area contributed by atoms with E-state index in [2.05, 4.69) is 71.4 Å². The predicted molar refractivity (Wildman–Crippen MR) is 84.6 cm³/mol. The monoisotopic (exact) mass is 308 g/mol. The van der Waals surface area contributed by atoms with E-state index in [-0.39, 0.29) is 0 Å². The Bertz CT molecular complexity index is 815. The number of aryl methyl sites for hydroxylation is 1. The Morgan fingerprint density at radius 3 is 2.53 bits per heavy atom. The number of hydrogen-bond donors (Lipinski definition) is 0. The molecule has 0 amide bonds. The van der Waals surface area contributed by atoms with E-state index in [1.807, 2.05) is 0 Å². The Labute approximate surface area is 121 Å². The maximum absolute atomic E-state index is 3.57. The van der Waals surface area contributed by atoms with Crippen molar-refractivity contribution in [3.05, 3.63) is 69.7 Å². The predicted octanol–water partition coefficient (Wildman–Crippen LogP) is 5.48. The van der Waals surface area contributed by atoms with Crippen LogP contribution in [0.25, 0.3) is 21.9 Å².